The van der Waals surface area contributed by atoms with Crippen LogP contribution in [-0.4, -0.2) is 33.7 Å². The highest BCUT2D eigenvalue weighted by molar-refractivity contribution is 6.22. The predicted octanol–water partition coefficient (Wildman–Crippen LogP) is 6.59. The van der Waals surface area contributed by atoms with Gasteiger partial charge >= 0.3 is 0 Å². The van der Waals surface area contributed by atoms with Crippen molar-refractivity contribution in [1.29, 1.82) is 0 Å². The fourth-order valence-electron chi connectivity index (χ4n) is 8.99. The first-order valence-electron chi connectivity index (χ1n) is 17.1. The standard InChI is InChI=1S/C41H36FN3O5/c1-3-24-14-18-27(19-15-24)44-37(47)29-21-20-28-31(34(29)39(44)49)22-32-38(48)45(43-26-16-12-23(2)13-17-26)40(50)41(32,25-8-5-4-6-9-25)35(28)30-10-7-11-33(42)36(30)46/h4-20,29,31-32,34-35,43,46H,3,21-22H2,1-2H3/t29-,31+,32-,34-,35+,41+/m0/s1. The first-order valence-corrected chi connectivity index (χ1v) is 17.1. The van der Waals surface area contributed by atoms with E-state index in [0.717, 1.165) is 28.6 Å². The Labute approximate surface area is 289 Å². The van der Waals surface area contributed by atoms with Crippen LogP contribution in [0.4, 0.5) is 15.8 Å². The number of amides is 4. The smallest absolute Gasteiger partial charge is 0.260 e. The number of imide groups is 2. The van der Waals surface area contributed by atoms with Crippen LogP contribution in [0.1, 0.15) is 47.9 Å². The van der Waals surface area contributed by atoms with Crippen LogP contribution in [0.15, 0.2) is 109 Å². The van der Waals surface area contributed by atoms with Gasteiger partial charge < -0.3 is 5.11 Å². The first kappa shape index (κ1) is 31.7. The van der Waals surface area contributed by atoms with Gasteiger partial charge in [0.05, 0.1) is 34.5 Å². The molecule has 50 heavy (non-hydrogen) atoms. The molecule has 2 saturated heterocycles. The number of nitrogens with one attached hydrogen (secondary N) is 1. The number of anilines is 2. The summed E-state index contributed by atoms with van der Waals surface area (Å²) in [6.07, 6.45) is 3.03. The Hall–Kier alpha value is -5.57. The summed E-state index contributed by atoms with van der Waals surface area (Å²) in [5.74, 6) is -7.31. The van der Waals surface area contributed by atoms with E-state index in [1.165, 1.54) is 11.0 Å². The zero-order chi connectivity index (χ0) is 34.9. The number of para-hydroxylation sites is 1. The number of carbonyl (C=O) groups excluding carboxylic acids is 4. The van der Waals surface area contributed by atoms with Gasteiger partial charge in [-0.2, -0.15) is 5.01 Å². The molecule has 2 N–H and O–H groups in total. The Morgan fingerprint density at radius 2 is 1.56 bits per heavy atom. The highest BCUT2D eigenvalue weighted by atomic mass is 19.1. The van der Waals surface area contributed by atoms with Crippen LogP contribution in [0.2, 0.25) is 0 Å². The average molecular weight is 670 g/mol. The molecule has 252 valence electrons. The molecule has 2 aliphatic carbocycles. The van der Waals surface area contributed by atoms with Gasteiger partial charge in [0.1, 0.15) is 0 Å². The number of nitrogens with zero attached hydrogens (tertiary/aromatic N) is 2. The van der Waals surface area contributed by atoms with Crippen molar-refractivity contribution in [3.05, 3.63) is 137 Å². The lowest BCUT2D eigenvalue weighted by molar-refractivity contribution is -0.138. The maximum Gasteiger partial charge on any atom is 0.260 e. The lowest BCUT2D eigenvalue weighted by Gasteiger charge is -2.50. The van der Waals surface area contributed by atoms with Crippen molar-refractivity contribution in [2.45, 2.75) is 44.4 Å². The van der Waals surface area contributed by atoms with E-state index in [0.29, 0.717) is 22.5 Å². The van der Waals surface area contributed by atoms with Gasteiger partial charge in [-0.3, -0.25) is 29.5 Å². The fraction of sp³-hybridized carbons (Fsp3) is 0.268. The van der Waals surface area contributed by atoms with Gasteiger partial charge in [-0.25, -0.2) is 4.39 Å². The summed E-state index contributed by atoms with van der Waals surface area (Å²) in [5.41, 5.74) is 5.88. The number of hydrazine groups is 1. The van der Waals surface area contributed by atoms with Crippen molar-refractivity contribution in [2.24, 2.45) is 23.7 Å². The van der Waals surface area contributed by atoms with Gasteiger partial charge in [0, 0.05) is 11.5 Å². The van der Waals surface area contributed by atoms with E-state index in [9.17, 15) is 19.5 Å². The first-order chi connectivity index (χ1) is 24.2. The number of aromatic hydroxyl groups is 1. The lowest BCUT2D eigenvalue weighted by atomic mass is 9.49. The van der Waals surface area contributed by atoms with Crippen LogP contribution >= 0.6 is 0 Å². The van der Waals surface area contributed by atoms with Gasteiger partial charge in [0.2, 0.25) is 11.8 Å². The van der Waals surface area contributed by atoms with Crippen LogP contribution in [0.25, 0.3) is 0 Å². The van der Waals surface area contributed by atoms with Crippen molar-refractivity contribution in [1.82, 2.24) is 5.01 Å². The third-order valence-corrected chi connectivity index (χ3v) is 11.3. The van der Waals surface area contributed by atoms with Crippen LogP contribution in [0.5, 0.6) is 5.75 Å². The number of aryl methyl sites for hydroxylation is 2. The molecular weight excluding hydrogens is 633 g/mol. The van der Waals surface area contributed by atoms with Crippen molar-refractivity contribution >= 4 is 35.0 Å². The number of halogens is 1. The molecule has 2 aliphatic heterocycles. The minimum Gasteiger partial charge on any atom is -0.505 e. The number of carbonyl (C=O) groups is 4. The van der Waals surface area contributed by atoms with Crippen LogP contribution < -0.4 is 10.3 Å². The number of benzene rings is 4. The maximum atomic E-state index is 15.3. The maximum absolute atomic E-state index is 15.3. The van der Waals surface area contributed by atoms with E-state index in [4.69, 9.17) is 0 Å². The Kier molecular flexibility index (Phi) is 7.47. The van der Waals surface area contributed by atoms with Crippen LogP contribution in [0.3, 0.4) is 0 Å². The molecule has 4 aromatic carbocycles. The Morgan fingerprint density at radius 1 is 0.840 bits per heavy atom. The highest BCUT2D eigenvalue weighted by Crippen LogP contribution is 2.65. The molecular formula is C41H36FN3O5. The number of fused-ring (bicyclic) bond motifs is 4. The topological polar surface area (TPSA) is 107 Å². The summed E-state index contributed by atoms with van der Waals surface area (Å²) in [4.78, 5) is 59.5. The number of phenols is 1. The molecule has 1 saturated carbocycles. The molecule has 0 unspecified atom stereocenters. The van der Waals surface area contributed by atoms with E-state index >= 15 is 9.18 Å². The van der Waals surface area contributed by atoms with E-state index in [1.54, 1.807) is 54.6 Å². The van der Waals surface area contributed by atoms with Gasteiger partial charge in [-0.05, 0) is 73.6 Å². The SMILES string of the molecule is CCc1ccc(N2C(=O)[C@H]3[C@H](CC=C4[C@H]3C[C@H]3C(=O)N(Nc5ccc(C)cc5)C(=O)[C@@]3(c3ccccc3)[C@H]4c3cccc(F)c3O)C2=O)cc1. The van der Waals surface area contributed by atoms with Gasteiger partial charge in [-0.1, -0.05) is 90.9 Å². The van der Waals surface area contributed by atoms with Gasteiger partial charge in [-0.15, -0.1) is 0 Å². The summed E-state index contributed by atoms with van der Waals surface area (Å²) in [6, 6.07) is 27.8. The number of allylic oxidation sites excluding steroid dienone is 2. The molecule has 0 spiro atoms. The van der Waals surface area contributed by atoms with E-state index in [-0.39, 0.29) is 30.2 Å². The normalized spacial score (nSPS) is 27.2. The largest absolute Gasteiger partial charge is 0.505 e. The minimum atomic E-state index is -1.60. The molecule has 4 amide bonds. The molecule has 0 radical (unpaired) electrons. The summed E-state index contributed by atoms with van der Waals surface area (Å²) >= 11 is 0. The predicted molar refractivity (Wildman–Crippen MR) is 185 cm³/mol. The molecule has 9 heteroatoms. The average Bonchev–Trinajstić information content (AvgIpc) is 3.51. The minimum absolute atomic E-state index is 0.104. The van der Waals surface area contributed by atoms with Crippen molar-refractivity contribution in [3.8, 4) is 5.75 Å². The van der Waals surface area contributed by atoms with Gasteiger partial charge in [0.15, 0.2) is 11.6 Å². The molecule has 3 fully saturated rings. The number of rotatable bonds is 6. The molecule has 8 rings (SSSR count). The highest BCUT2D eigenvalue weighted by Gasteiger charge is 2.70. The monoisotopic (exact) mass is 669 g/mol. The zero-order valence-electron chi connectivity index (χ0n) is 27.7. The Balaban J connectivity index is 1.31. The Bertz CT molecular complexity index is 2080. The second-order valence-corrected chi connectivity index (χ2v) is 13.8. The number of hydrogen-bond acceptors (Lipinski definition) is 6. The molecule has 4 aliphatic rings. The molecule has 4 aromatic rings. The third-order valence-electron chi connectivity index (χ3n) is 11.3. The summed E-state index contributed by atoms with van der Waals surface area (Å²) in [7, 11) is 0. The van der Waals surface area contributed by atoms with E-state index in [1.807, 2.05) is 50.3 Å². The third kappa shape index (κ3) is 4.48. The van der Waals surface area contributed by atoms with Gasteiger partial charge in [0.25, 0.3) is 11.8 Å². The summed E-state index contributed by atoms with van der Waals surface area (Å²) in [5, 5.41) is 12.4. The zero-order valence-corrected chi connectivity index (χ0v) is 27.7. The molecule has 2 heterocycles. The second-order valence-electron chi connectivity index (χ2n) is 13.8. The molecule has 0 bridgehead atoms. The van der Waals surface area contributed by atoms with E-state index < -0.39 is 58.4 Å². The lowest BCUT2D eigenvalue weighted by Crippen LogP contribution is -2.53. The molecule has 0 aromatic heterocycles. The Morgan fingerprint density at radius 3 is 2.26 bits per heavy atom. The van der Waals surface area contributed by atoms with Crippen molar-refractivity contribution < 1.29 is 28.7 Å². The van der Waals surface area contributed by atoms with E-state index in [2.05, 4.69) is 5.43 Å². The fourth-order valence-corrected chi connectivity index (χ4v) is 8.99. The quantitative estimate of drug-likeness (QED) is 0.177. The van der Waals surface area contributed by atoms with Crippen molar-refractivity contribution in [2.75, 3.05) is 10.3 Å². The van der Waals surface area contributed by atoms with Crippen LogP contribution in [-0.2, 0) is 31.0 Å². The second kappa shape index (κ2) is 11.8. The summed E-state index contributed by atoms with van der Waals surface area (Å²) in [6.45, 7) is 3.96. The summed E-state index contributed by atoms with van der Waals surface area (Å²) < 4.78 is 15.3. The van der Waals surface area contributed by atoms with Crippen molar-refractivity contribution in [3.63, 3.8) is 0 Å². The molecule has 8 nitrogen and oxygen atoms in total. The van der Waals surface area contributed by atoms with Crippen LogP contribution in [0, 0.1) is 36.4 Å². The molecule has 6 atom stereocenters. The number of phenolic OH excluding ortho intramolecular Hbond substituents is 1. The number of hydrogen-bond donors (Lipinski definition) is 2.